The highest BCUT2D eigenvalue weighted by molar-refractivity contribution is 5.95. The number of nitrogens with zero attached hydrogens (tertiary/aromatic N) is 3. The van der Waals surface area contributed by atoms with Crippen molar-refractivity contribution in [2.75, 3.05) is 12.8 Å². The van der Waals surface area contributed by atoms with Crippen LogP contribution in [-0.2, 0) is 6.54 Å². The molecule has 7 heteroatoms. The fraction of sp³-hybridized carbons (Fsp3) is 0.143. The van der Waals surface area contributed by atoms with Crippen molar-refractivity contribution in [2.45, 2.75) is 6.54 Å². The van der Waals surface area contributed by atoms with E-state index in [4.69, 9.17) is 5.73 Å². The molecule has 0 aliphatic rings. The number of aromatic nitrogens is 1. The van der Waals surface area contributed by atoms with Gasteiger partial charge >= 0.3 is 0 Å². The van der Waals surface area contributed by atoms with Gasteiger partial charge in [0.1, 0.15) is 5.69 Å². The molecule has 0 spiro atoms. The summed E-state index contributed by atoms with van der Waals surface area (Å²) in [6, 6.07) is 7.61. The SMILES string of the molecule is CN(Cc1cccnc1)C(=O)c1ccc([N+](=O)[O-])c(N)c1. The maximum absolute atomic E-state index is 12.3. The van der Waals surface area contributed by atoms with Crippen LogP contribution in [0.3, 0.4) is 0 Å². The molecule has 0 aliphatic heterocycles. The highest BCUT2D eigenvalue weighted by Crippen LogP contribution is 2.22. The van der Waals surface area contributed by atoms with Crippen molar-refractivity contribution in [3.05, 3.63) is 64.0 Å². The lowest BCUT2D eigenvalue weighted by Crippen LogP contribution is -2.26. The number of hydrogen-bond donors (Lipinski definition) is 1. The topological polar surface area (TPSA) is 102 Å². The van der Waals surface area contributed by atoms with Crippen LogP contribution < -0.4 is 5.73 Å². The average Bonchev–Trinajstić information content (AvgIpc) is 2.47. The normalized spacial score (nSPS) is 10.1. The molecule has 1 heterocycles. The molecule has 7 nitrogen and oxygen atoms in total. The second-order valence-corrected chi connectivity index (χ2v) is 4.55. The van der Waals surface area contributed by atoms with Gasteiger partial charge in [-0.2, -0.15) is 0 Å². The van der Waals surface area contributed by atoms with Crippen LogP contribution in [0.1, 0.15) is 15.9 Å². The molecule has 2 rings (SSSR count). The van der Waals surface area contributed by atoms with Crippen molar-refractivity contribution in [1.29, 1.82) is 0 Å². The summed E-state index contributed by atoms with van der Waals surface area (Å²) >= 11 is 0. The van der Waals surface area contributed by atoms with Gasteiger partial charge in [-0.3, -0.25) is 19.9 Å². The fourth-order valence-electron chi connectivity index (χ4n) is 1.91. The zero-order valence-electron chi connectivity index (χ0n) is 11.4. The van der Waals surface area contributed by atoms with Gasteiger partial charge in [0.25, 0.3) is 11.6 Å². The summed E-state index contributed by atoms with van der Waals surface area (Å²) in [5.41, 5.74) is 6.56. The lowest BCUT2D eigenvalue weighted by Gasteiger charge is -2.17. The minimum atomic E-state index is -0.580. The van der Waals surface area contributed by atoms with Crippen LogP contribution in [-0.4, -0.2) is 27.8 Å². The molecule has 2 aromatic rings. The lowest BCUT2D eigenvalue weighted by molar-refractivity contribution is -0.383. The van der Waals surface area contributed by atoms with Crippen LogP contribution >= 0.6 is 0 Å². The van der Waals surface area contributed by atoms with Gasteiger partial charge in [0.15, 0.2) is 0 Å². The molecule has 21 heavy (non-hydrogen) atoms. The van der Waals surface area contributed by atoms with Crippen LogP contribution in [0.5, 0.6) is 0 Å². The van der Waals surface area contributed by atoms with E-state index < -0.39 is 4.92 Å². The van der Waals surface area contributed by atoms with E-state index in [1.165, 1.54) is 23.1 Å². The summed E-state index contributed by atoms with van der Waals surface area (Å²) in [5.74, 6) is -0.263. The summed E-state index contributed by atoms with van der Waals surface area (Å²) in [6.45, 7) is 0.392. The molecule has 108 valence electrons. The quantitative estimate of drug-likeness (QED) is 0.525. The van der Waals surface area contributed by atoms with Crippen LogP contribution in [0.2, 0.25) is 0 Å². The van der Waals surface area contributed by atoms with E-state index in [9.17, 15) is 14.9 Å². The van der Waals surface area contributed by atoms with Gasteiger partial charge in [0.2, 0.25) is 0 Å². The monoisotopic (exact) mass is 286 g/mol. The summed E-state index contributed by atoms with van der Waals surface area (Å²) in [4.78, 5) is 27.9. The number of amides is 1. The molecule has 2 N–H and O–H groups in total. The summed E-state index contributed by atoms with van der Waals surface area (Å²) in [5, 5.41) is 10.7. The molecule has 1 aromatic carbocycles. The summed E-state index contributed by atoms with van der Waals surface area (Å²) < 4.78 is 0. The number of carbonyl (C=O) groups excluding carboxylic acids is 1. The van der Waals surface area contributed by atoms with E-state index in [1.54, 1.807) is 25.5 Å². The van der Waals surface area contributed by atoms with Gasteiger partial charge in [-0.05, 0) is 23.8 Å². The predicted octanol–water partition coefficient (Wildman–Crippen LogP) is 1.84. The smallest absolute Gasteiger partial charge is 0.292 e. The van der Waals surface area contributed by atoms with Gasteiger partial charge in [-0.25, -0.2) is 0 Å². The molecule has 0 fully saturated rings. The molecular formula is C14H14N4O3. The lowest BCUT2D eigenvalue weighted by atomic mass is 10.1. The average molecular weight is 286 g/mol. The van der Waals surface area contributed by atoms with E-state index in [2.05, 4.69) is 4.98 Å². The number of benzene rings is 1. The third-order valence-electron chi connectivity index (χ3n) is 2.96. The first-order chi connectivity index (χ1) is 9.99. The Morgan fingerprint density at radius 1 is 1.43 bits per heavy atom. The first-order valence-electron chi connectivity index (χ1n) is 6.17. The van der Waals surface area contributed by atoms with Crippen LogP contribution in [0.4, 0.5) is 11.4 Å². The predicted molar refractivity (Wildman–Crippen MR) is 77.5 cm³/mol. The maximum atomic E-state index is 12.3. The molecule has 0 saturated carbocycles. The van der Waals surface area contributed by atoms with Crippen molar-refractivity contribution >= 4 is 17.3 Å². The number of nitro groups is 1. The number of nitrogen functional groups attached to an aromatic ring is 1. The number of carbonyl (C=O) groups is 1. The maximum Gasteiger partial charge on any atom is 0.292 e. The van der Waals surface area contributed by atoms with Gasteiger partial charge in [0, 0.05) is 37.6 Å². The molecule has 0 bridgehead atoms. The van der Waals surface area contributed by atoms with Gasteiger partial charge in [-0.1, -0.05) is 6.07 Å². The van der Waals surface area contributed by atoms with Crippen molar-refractivity contribution in [1.82, 2.24) is 9.88 Å². The van der Waals surface area contributed by atoms with E-state index >= 15 is 0 Å². The molecule has 0 atom stereocenters. The number of nitrogens with two attached hydrogens (primary N) is 1. The molecular weight excluding hydrogens is 272 g/mol. The van der Waals surface area contributed by atoms with Crippen LogP contribution in [0.15, 0.2) is 42.7 Å². The second kappa shape index (κ2) is 6.00. The van der Waals surface area contributed by atoms with E-state index in [0.717, 1.165) is 5.56 Å². The van der Waals surface area contributed by atoms with Crippen molar-refractivity contribution < 1.29 is 9.72 Å². The third kappa shape index (κ3) is 3.33. The first-order valence-corrected chi connectivity index (χ1v) is 6.17. The Morgan fingerprint density at radius 2 is 2.19 bits per heavy atom. The number of pyridine rings is 1. The van der Waals surface area contributed by atoms with Crippen LogP contribution in [0.25, 0.3) is 0 Å². The molecule has 0 aliphatic carbocycles. The molecule has 0 radical (unpaired) electrons. The Morgan fingerprint density at radius 3 is 2.76 bits per heavy atom. The van der Waals surface area contributed by atoms with Gasteiger partial charge in [-0.15, -0.1) is 0 Å². The number of hydrogen-bond acceptors (Lipinski definition) is 5. The summed E-state index contributed by atoms with van der Waals surface area (Å²) in [7, 11) is 1.65. The minimum absolute atomic E-state index is 0.0272. The Bertz CT molecular complexity index is 673. The number of nitro benzene ring substituents is 1. The second-order valence-electron chi connectivity index (χ2n) is 4.55. The van der Waals surface area contributed by atoms with Crippen molar-refractivity contribution in [3.63, 3.8) is 0 Å². The largest absolute Gasteiger partial charge is 0.393 e. The first kappa shape index (κ1) is 14.4. The molecule has 0 saturated heterocycles. The van der Waals surface area contributed by atoms with E-state index in [-0.39, 0.29) is 17.3 Å². The zero-order chi connectivity index (χ0) is 15.4. The minimum Gasteiger partial charge on any atom is -0.393 e. The van der Waals surface area contributed by atoms with E-state index in [0.29, 0.717) is 12.1 Å². The zero-order valence-corrected chi connectivity index (χ0v) is 11.4. The van der Waals surface area contributed by atoms with Gasteiger partial charge < -0.3 is 10.6 Å². The van der Waals surface area contributed by atoms with Crippen molar-refractivity contribution in [3.8, 4) is 0 Å². The molecule has 0 unspecified atom stereocenters. The van der Waals surface area contributed by atoms with Crippen molar-refractivity contribution in [2.24, 2.45) is 0 Å². The highest BCUT2D eigenvalue weighted by atomic mass is 16.6. The Kier molecular flexibility index (Phi) is 4.13. The van der Waals surface area contributed by atoms with E-state index in [1.807, 2.05) is 6.07 Å². The highest BCUT2D eigenvalue weighted by Gasteiger charge is 2.17. The summed E-state index contributed by atoms with van der Waals surface area (Å²) in [6.07, 6.45) is 3.33. The standard InChI is InChI=1S/C14H14N4O3/c1-17(9-10-3-2-6-16-8-10)14(19)11-4-5-13(18(20)21)12(15)7-11/h2-8H,9,15H2,1H3. The molecule has 1 amide bonds. The Balaban J connectivity index is 2.16. The van der Waals surface area contributed by atoms with Gasteiger partial charge in [0.05, 0.1) is 4.92 Å². The van der Waals surface area contributed by atoms with Crippen LogP contribution in [0, 0.1) is 10.1 Å². The molecule has 1 aromatic heterocycles. The Hall–Kier alpha value is -2.96. The number of rotatable bonds is 4. The third-order valence-corrected chi connectivity index (χ3v) is 2.96. The number of anilines is 1. The Labute approximate surface area is 121 Å². The fourth-order valence-corrected chi connectivity index (χ4v) is 1.91.